The predicted octanol–water partition coefficient (Wildman–Crippen LogP) is 1.89. The molecule has 5 heteroatoms. The van der Waals surface area contributed by atoms with Crippen LogP contribution in [0.3, 0.4) is 0 Å². The maximum Gasteiger partial charge on any atom is 0.335 e. The third kappa shape index (κ3) is 3.09. The summed E-state index contributed by atoms with van der Waals surface area (Å²) in [6.45, 7) is 4.22. The first-order valence-electron chi connectivity index (χ1n) is 7.35. The van der Waals surface area contributed by atoms with E-state index in [1.165, 1.54) is 11.3 Å². The molecule has 0 aliphatic carbocycles. The first-order chi connectivity index (χ1) is 10.1. The number of carboxylic acid groups (broad SMARTS) is 1. The van der Waals surface area contributed by atoms with Gasteiger partial charge in [-0.05, 0) is 63.0 Å². The van der Waals surface area contributed by atoms with Crippen molar-refractivity contribution in [2.45, 2.75) is 32.7 Å². The van der Waals surface area contributed by atoms with Gasteiger partial charge in [-0.25, -0.2) is 4.79 Å². The largest absolute Gasteiger partial charge is 0.478 e. The van der Waals surface area contributed by atoms with Gasteiger partial charge in [0, 0.05) is 23.1 Å². The number of hydrogen-bond acceptors (Lipinski definition) is 3. The summed E-state index contributed by atoms with van der Waals surface area (Å²) in [5.41, 5.74) is 15.0. The fourth-order valence-electron chi connectivity index (χ4n) is 2.82. The van der Waals surface area contributed by atoms with E-state index < -0.39 is 5.97 Å². The number of hydrogen-bond donors (Lipinski definition) is 3. The van der Waals surface area contributed by atoms with E-state index in [4.69, 9.17) is 11.5 Å². The number of aromatic carboxylic acids is 1. The molecular weight excluding hydrogens is 266 g/mol. The highest BCUT2D eigenvalue weighted by atomic mass is 16.4. The molecule has 5 N–H and O–H groups in total. The van der Waals surface area contributed by atoms with Crippen LogP contribution in [-0.4, -0.2) is 28.7 Å². The molecule has 21 heavy (non-hydrogen) atoms. The van der Waals surface area contributed by atoms with Gasteiger partial charge >= 0.3 is 5.97 Å². The molecule has 1 aromatic heterocycles. The Bertz CT molecular complexity index is 646. The summed E-state index contributed by atoms with van der Waals surface area (Å²) in [4.78, 5) is 11.2. The first kappa shape index (κ1) is 15.5. The van der Waals surface area contributed by atoms with Gasteiger partial charge in [-0.3, -0.25) is 0 Å². The van der Waals surface area contributed by atoms with E-state index in [1.807, 2.05) is 6.07 Å². The Hall–Kier alpha value is -1.85. The van der Waals surface area contributed by atoms with Crippen LogP contribution in [0, 0.1) is 6.92 Å². The van der Waals surface area contributed by atoms with Crippen molar-refractivity contribution < 1.29 is 9.90 Å². The molecule has 0 fully saturated rings. The van der Waals surface area contributed by atoms with Crippen LogP contribution in [0.5, 0.6) is 0 Å². The SMILES string of the molecule is Cc1c(CCCN)c2cc(C(=O)O)ccc2n1CCCN. The molecule has 0 aliphatic rings. The molecule has 5 nitrogen and oxygen atoms in total. The molecule has 0 radical (unpaired) electrons. The average molecular weight is 289 g/mol. The summed E-state index contributed by atoms with van der Waals surface area (Å²) in [6, 6.07) is 5.33. The van der Waals surface area contributed by atoms with E-state index in [2.05, 4.69) is 11.5 Å². The van der Waals surface area contributed by atoms with Gasteiger partial charge in [-0.2, -0.15) is 0 Å². The standard InChI is InChI=1S/C16H23N3O2/c1-11-13(4-2-7-17)14-10-12(16(20)21)5-6-15(14)19(11)9-3-8-18/h5-6,10H,2-4,7-9,17-18H2,1H3,(H,20,21). The second kappa shape index (κ2) is 6.74. The third-order valence-electron chi connectivity index (χ3n) is 3.92. The van der Waals surface area contributed by atoms with Crippen LogP contribution in [-0.2, 0) is 13.0 Å². The molecule has 0 saturated heterocycles. The molecule has 1 heterocycles. The number of carbonyl (C=O) groups is 1. The Balaban J connectivity index is 2.57. The summed E-state index contributed by atoms with van der Waals surface area (Å²) in [6.07, 6.45) is 2.67. The summed E-state index contributed by atoms with van der Waals surface area (Å²) in [5, 5.41) is 10.2. The molecule has 0 amide bonds. The van der Waals surface area contributed by atoms with E-state index in [-0.39, 0.29) is 0 Å². The molecule has 0 aliphatic heterocycles. The summed E-state index contributed by atoms with van der Waals surface area (Å²) in [5.74, 6) is -0.894. The Morgan fingerprint density at radius 3 is 2.57 bits per heavy atom. The van der Waals surface area contributed by atoms with Crippen LogP contribution in [0.25, 0.3) is 10.9 Å². The van der Waals surface area contributed by atoms with Crippen molar-refractivity contribution in [2.24, 2.45) is 11.5 Å². The van der Waals surface area contributed by atoms with E-state index >= 15 is 0 Å². The van der Waals surface area contributed by atoms with Gasteiger partial charge in [0.05, 0.1) is 5.56 Å². The summed E-state index contributed by atoms with van der Waals surface area (Å²) >= 11 is 0. The minimum absolute atomic E-state index is 0.326. The van der Waals surface area contributed by atoms with E-state index in [9.17, 15) is 9.90 Å². The molecule has 0 unspecified atom stereocenters. The molecular formula is C16H23N3O2. The maximum absolute atomic E-state index is 11.2. The van der Waals surface area contributed by atoms with Gasteiger partial charge in [0.15, 0.2) is 0 Å². The van der Waals surface area contributed by atoms with Crippen molar-refractivity contribution in [2.75, 3.05) is 13.1 Å². The molecule has 0 spiro atoms. The van der Waals surface area contributed by atoms with Crippen LogP contribution in [0.2, 0.25) is 0 Å². The van der Waals surface area contributed by atoms with Gasteiger partial charge in [-0.1, -0.05) is 0 Å². The van der Waals surface area contributed by atoms with E-state index in [0.29, 0.717) is 18.7 Å². The molecule has 0 saturated carbocycles. The second-order valence-corrected chi connectivity index (χ2v) is 5.29. The summed E-state index contributed by atoms with van der Waals surface area (Å²) < 4.78 is 2.24. The highest BCUT2D eigenvalue weighted by molar-refractivity contribution is 5.95. The highest BCUT2D eigenvalue weighted by Gasteiger charge is 2.15. The van der Waals surface area contributed by atoms with Crippen molar-refractivity contribution in [3.8, 4) is 0 Å². The highest BCUT2D eigenvalue weighted by Crippen LogP contribution is 2.28. The Kier molecular flexibility index (Phi) is 4.98. The smallest absolute Gasteiger partial charge is 0.335 e. The van der Waals surface area contributed by atoms with Crippen molar-refractivity contribution in [1.82, 2.24) is 4.57 Å². The zero-order valence-corrected chi connectivity index (χ0v) is 12.4. The monoisotopic (exact) mass is 289 g/mol. The minimum atomic E-state index is -0.894. The van der Waals surface area contributed by atoms with Crippen molar-refractivity contribution >= 4 is 16.9 Å². The second-order valence-electron chi connectivity index (χ2n) is 5.29. The maximum atomic E-state index is 11.2. The molecule has 2 aromatic rings. The fraction of sp³-hybridized carbons (Fsp3) is 0.438. The number of rotatable bonds is 7. The van der Waals surface area contributed by atoms with Gasteiger partial charge in [-0.15, -0.1) is 0 Å². The lowest BCUT2D eigenvalue weighted by Crippen LogP contribution is -2.07. The fourth-order valence-corrected chi connectivity index (χ4v) is 2.82. The summed E-state index contributed by atoms with van der Waals surface area (Å²) in [7, 11) is 0. The lowest BCUT2D eigenvalue weighted by molar-refractivity contribution is 0.0697. The lowest BCUT2D eigenvalue weighted by atomic mass is 10.0. The van der Waals surface area contributed by atoms with Crippen molar-refractivity contribution in [3.63, 3.8) is 0 Å². The zero-order valence-electron chi connectivity index (χ0n) is 12.4. The number of aromatic nitrogens is 1. The molecule has 1 aromatic carbocycles. The number of carboxylic acids is 1. The van der Waals surface area contributed by atoms with E-state index in [1.54, 1.807) is 12.1 Å². The van der Waals surface area contributed by atoms with Crippen molar-refractivity contribution in [3.05, 3.63) is 35.0 Å². The van der Waals surface area contributed by atoms with Gasteiger partial charge in [0.25, 0.3) is 0 Å². The topological polar surface area (TPSA) is 94.3 Å². The number of nitrogens with zero attached hydrogens (tertiary/aromatic N) is 1. The predicted molar refractivity (Wildman–Crippen MR) is 84.7 cm³/mol. The Labute approximate surface area is 124 Å². The van der Waals surface area contributed by atoms with Crippen LogP contribution in [0.1, 0.15) is 34.5 Å². The molecule has 2 rings (SSSR count). The number of aryl methyl sites for hydroxylation is 2. The minimum Gasteiger partial charge on any atom is -0.478 e. The third-order valence-corrected chi connectivity index (χ3v) is 3.92. The molecule has 0 bridgehead atoms. The number of benzene rings is 1. The lowest BCUT2D eigenvalue weighted by Gasteiger charge is -2.07. The van der Waals surface area contributed by atoms with Crippen LogP contribution in [0.4, 0.5) is 0 Å². The zero-order chi connectivity index (χ0) is 15.4. The van der Waals surface area contributed by atoms with Crippen LogP contribution in [0.15, 0.2) is 18.2 Å². The van der Waals surface area contributed by atoms with Crippen molar-refractivity contribution in [1.29, 1.82) is 0 Å². The van der Waals surface area contributed by atoms with Gasteiger partial charge < -0.3 is 21.1 Å². The van der Waals surface area contributed by atoms with Gasteiger partial charge in [0.2, 0.25) is 0 Å². The molecule has 114 valence electrons. The van der Waals surface area contributed by atoms with Crippen LogP contribution < -0.4 is 11.5 Å². The van der Waals surface area contributed by atoms with E-state index in [0.717, 1.165) is 36.7 Å². The Morgan fingerprint density at radius 2 is 1.95 bits per heavy atom. The molecule has 0 atom stereocenters. The quantitative estimate of drug-likeness (QED) is 0.725. The average Bonchev–Trinajstić information content (AvgIpc) is 2.74. The first-order valence-corrected chi connectivity index (χ1v) is 7.35. The van der Waals surface area contributed by atoms with Crippen LogP contribution >= 0.6 is 0 Å². The van der Waals surface area contributed by atoms with Gasteiger partial charge in [0.1, 0.15) is 0 Å². The number of nitrogens with two attached hydrogens (primary N) is 2. The Morgan fingerprint density at radius 1 is 1.24 bits per heavy atom. The number of fused-ring (bicyclic) bond motifs is 1. The normalized spacial score (nSPS) is 11.2.